The number of ether oxygens (including phenoxy) is 1. The van der Waals surface area contributed by atoms with E-state index in [-0.39, 0.29) is 47.9 Å². The number of imide groups is 2. The number of carbonyl (C=O) groups excluding carboxylic acids is 5. The Labute approximate surface area is 382 Å². The molecule has 14 nitrogen and oxygen atoms in total. The van der Waals surface area contributed by atoms with Gasteiger partial charge >= 0.3 is 6.36 Å². The van der Waals surface area contributed by atoms with E-state index in [0.29, 0.717) is 67.0 Å². The van der Waals surface area contributed by atoms with Gasteiger partial charge in [-0.05, 0) is 80.5 Å². The molecule has 2 aromatic carbocycles. The first kappa shape index (κ1) is 48.1. The molecule has 0 spiro atoms. The number of pyridine rings is 1. The number of alkyl halides is 3. The maximum Gasteiger partial charge on any atom is 0.522 e. The van der Waals surface area contributed by atoms with Crippen LogP contribution in [-0.4, -0.2) is 92.1 Å². The highest BCUT2D eigenvalue weighted by Crippen LogP contribution is 2.35. The first-order valence-electron chi connectivity index (χ1n) is 23.4. The van der Waals surface area contributed by atoms with E-state index in [1.54, 1.807) is 44.4 Å². The van der Waals surface area contributed by atoms with Gasteiger partial charge in [0.25, 0.3) is 17.4 Å². The molecule has 2 N–H and O–H groups in total. The number of nitrogens with one attached hydrogen (secondary N) is 2. The van der Waals surface area contributed by atoms with Gasteiger partial charge in [-0.15, -0.1) is 13.2 Å². The number of aromatic nitrogens is 3. The van der Waals surface area contributed by atoms with Crippen LogP contribution < -0.4 is 16.2 Å². The first-order valence-corrected chi connectivity index (χ1v) is 23.4. The third kappa shape index (κ3) is 11.6. The minimum atomic E-state index is -4.75. The van der Waals surface area contributed by atoms with Gasteiger partial charge in [0.1, 0.15) is 11.9 Å². The van der Waals surface area contributed by atoms with Crippen LogP contribution in [0.25, 0.3) is 22.2 Å². The average molecular weight is 916 g/mol. The molecular weight excluding hydrogens is 856 g/mol. The van der Waals surface area contributed by atoms with Crippen LogP contribution in [0, 0.1) is 6.92 Å². The van der Waals surface area contributed by atoms with E-state index in [1.807, 2.05) is 27.7 Å². The Hall–Kier alpha value is -5.84. The summed E-state index contributed by atoms with van der Waals surface area (Å²) in [5, 5.41) is 5.54. The van der Waals surface area contributed by atoms with Crippen LogP contribution in [0.4, 0.5) is 18.9 Å². The molecule has 0 aliphatic carbocycles. The van der Waals surface area contributed by atoms with Crippen molar-refractivity contribution >= 4 is 46.3 Å². The number of aryl methyl sites for hydroxylation is 2. The van der Waals surface area contributed by atoms with Gasteiger partial charge in [0, 0.05) is 69.4 Å². The fourth-order valence-corrected chi connectivity index (χ4v) is 9.58. The normalized spacial score (nSPS) is 17.0. The number of benzene rings is 2. The second kappa shape index (κ2) is 21.6. The molecule has 2 aromatic heterocycles. The van der Waals surface area contributed by atoms with Crippen LogP contribution in [0.2, 0.25) is 0 Å². The molecule has 0 saturated carbocycles. The number of piperidine rings is 2. The van der Waals surface area contributed by atoms with E-state index in [2.05, 4.69) is 15.4 Å². The fourth-order valence-electron chi connectivity index (χ4n) is 9.58. The number of anilines is 1. The number of hydrogen-bond acceptors (Lipinski definition) is 9. The Kier molecular flexibility index (Phi) is 15.8. The molecule has 2 fully saturated rings. The molecule has 0 bridgehead atoms. The molecule has 17 heteroatoms. The summed E-state index contributed by atoms with van der Waals surface area (Å²) in [5.41, 5.74) is 4.60. The highest BCUT2D eigenvalue weighted by atomic mass is 19.4. The van der Waals surface area contributed by atoms with Crippen LogP contribution >= 0.6 is 0 Å². The maximum atomic E-state index is 13.3. The first-order chi connectivity index (χ1) is 31.7. The van der Waals surface area contributed by atoms with Gasteiger partial charge in [-0.2, -0.15) is 0 Å². The Balaban J connectivity index is 0.763. The number of nitrogens with zero attached hydrogens (tertiary/aromatic N) is 5. The predicted octanol–water partition coefficient (Wildman–Crippen LogP) is 8.15. The summed E-state index contributed by atoms with van der Waals surface area (Å²) in [5.74, 6) is -1.25. The topological polar surface area (TPSA) is 165 Å². The number of carbonyl (C=O) groups is 5. The van der Waals surface area contributed by atoms with Gasteiger partial charge < -0.3 is 19.4 Å². The number of likely N-dealkylation sites (tertiary alicyclic amines) is 1. The lowest BCUT2D eigenvalue weighted by Gasteiger charge is -2.32. The van der Waals surface area contributed by atoms with E-state index in [0.717, 1.165) is 80.2 Å². The smallest absolute Gasteiger partial charge is 0.384 e. The van der Waals surface area contributed by atoms with Crippen LogP contribution in [0.1, 0.15) is 141 Å². The Morgan fingerprint density at radius 2 is 1.53 bits per heavy atom. The van der Waals surface area contributed by atoms with Crippen molar-refractivity contribution in [3.8, 4) is 11.1 Å². The quantitative estimate of drug-likeness (QED) is 0.0620. The summed E-state index contributed by atoms with van der Waals surface area (Å²) >= 11 is 0. The third-order valence-corrected chi connectivity index (χ3v) is 13.1. The van der Waals surface area contributed by atoms with Crippen LogP contribution in [0.15, 0.2) is 53.5 Å². The number of fused-ring (bicyclic) bond motifs is 2. The molecule has 0 radical (unpaired) electrons. The Morgan fingerprint density at radius 1 is 0.848 bits per heavy atom. The standard InChI is InChI=1S/C49H60F3N7O7/c1-32-29-35(31-56(2)46(32)63)34-18-19-37-40(30-34)58(27-28-66-49(50,51)52)44(54-37)33-22-25-57(26-23-33)42(61)17-12-10-8-6-4-3-5-7-9-11-13-24-53-38-16-14-15-36-43(38)48(65)59(47(36)64)39-20-21-41(60)55-45(39)62/h14-16,18-19,29-31,33,39,53H,3-13,17,20-28H2,1-2H3,(H,55,60,62). The number of hydrogen-bond donors (Lipinski definition) is 2. The Bertz CT molecular complexity index is 2460. The molecule has 1 unspecified atom stereocenters. The molecule has 354 valence electrons. The second-order valence-corrected chi connectivity index (χ2v) is 17.8. The van der Waals surface area contributed by atoms with Crippen molar-refractivity contribution in [3.05, 3.63) is 81.5 Å². The molecular formula is C49H60F3N7O7. The molecule has 5 heterocycles. The minimum absolute atomic E-state index is 0.0292. The lowest BCUT2D eigenvalue weighted by Crippen LogP contribution is -2.54. The van der Waals surface area contributed by atoms with Crippen LogP contribution in [0.5, 0.6) is 0 Å². The molecule has 3 aliphatic rings. The van der Waals surface area contributed by atoms with Crippen molar-refractivity contribution < 1.29 is 41.9 Å². The van der Waals surface area contributed by atoms with Crippen LogP contribution in [0.3, 0.4) is 0 Å². The van der Waals surface area contributed by atoms with Crippen molar-refractivity contribution in [2.75, 3.05) is 31.6 Å². The van der Waals surface area contributed by atoms with Crippen molar-refractivity contribution in [2.45, 2.75) is 135 Å². The largest absolute Gasteiger partial charge is 0.522 e. The van der Waals surface area contributed by atoms with Gasteiger partial charge in [-0.3, -0.25) is 43.7 Å². The van der Waals surface area contributed by atoms with E-state index in [9.17, 15) is 41.9 Å². The molecule has 3 aliphatic heterocycles. The van der Waals surface area contributed by atoms with E-state index >= 15 is 0 Å². The number of halogens is 3. The maximum absolute atomic E-state index is 13.3. The molecule has 5 amide bonds. The SMILES string of the molecule is Cc1cc(-c2ccc3nc(C4CCN(C(=O)CCCCCCCCCCCCCNc5cccc6c5C(=O)N(C5CCC(=O)NC5=O)C6=O)CC4)n(CCOC(F)(F)F)c3c2)cn(C)c1=O. The average Bonchev–Trinajstić information content (AvgIpc) is 3.77. The van der Waals surface area contributed by atoms with E-state index in [1.165, 1.54) is 11.0 Å². The lowest BCUT2D eigenvalue weighted by atomic mass is 9.95. The number of rotatable bonds is 21. The summed E-state index contributed by atoms with van der Waals surface area (Å²) in [7, 11) is 1.68. The highest BCUT2D eigenvalue weighted by molar-refractivity contribution is 6.25. The van der Waals surface area contributed by atoms with E-state index < -0.39 is 42.6 Å². The summed E-state index contributed by atoms with van der Waals surface area (Å²) in [4.78, 5) is 83.6. The van der Waals surface area contributed by atoms with Gasteiger partial charge in [-0.1, -0.05) is 69.9 Å². The summed E-state index contributed by atoms with van der Waals surface area (Å²) in [6.07, 6.45) is 10.8. The third-order valence-electron chi connectivity index (χ3n) is 13.1. The summed E-state index contributed by atoms with van der Waals surface area (Å²) < 4.78 is 46.5. The molecule has 7 rings (SSSR count). The molecule has 66 heavy (non-hydrogen) atoms. The monoisotopic (exact) mass is 915 g/mol. The zero-order valence-electron chi connectivity index (χ0n) is 37.9. The minimum Gasteiger partial charge on any atom is -0.384 e. The van der Waals surface area contributed by atoms with Gasteiger partial charge in [0.2, 0.25) is 17.7 Å². The highest BCUT2D eigenvalue weighted by Gasteiger charge is 2.45. The zero-order valence-corrected chi connectivity index (χ0v) is 37.9. The van der Waals surface area contributed by atoms with Crippen molar-refractivity contribution in [3.63, 3.8) is 0 Å². The zero-order chi connectivity index (χ0) is 47.0. The van der Waals surface area contributed by atoms with Crippen molar-refractivity contribution in [1.29, 1.82) is 0 Å². The van der Waals surface area contributed by atoms with Crippen molar-refractivity contribution in [1.82, 2.24) is 29.2 Å². The number of imidazole rings is 1. The predicted molar refractivity (Wildman–Crippen MR) is 243 cm³/mol. The van der Waals surface area contributed by atoms with Gasteiger partial charge in [0.15, 0.2) is 0 Å². The molecule has 1 atom stereocenters. The fraction of sp³-hybridized carbons (Fsp3) is 0.531. The summed E-state index contributed by atoms with van der Waals surface area (Å²) in [6.45, 7) is 2.93. The second-order valence-electron chi connectivity index (χ2n) is 17.8. The van der Waals surface area contributed by atoms with Gasteiger partial charge in [0.05, 0.1) is 28.8 Å². The lowest BCUT2D eigenvalue weighted by molar-refractivity contribution is -0.325. The number of amides is 5. The summed E-state index contributed by atoms with van der Waals surface area (Å²) in [6, 6.07) is 11.6. The van der Waals surface area contributed by atoms with Crippen molar-refractivity contribution in [2.24, 2.45) is 7.05 Å². The van der Waals surface area contributed by atoms with E-state index in [4.69, 9.17) is 4.98 Å². The van der Waals surface area contributed by atoms with Crippen LogP contribution in [-0.2, 0) is 32.7 Å². The Morgan fingerprint density at radius 3 is 2.20 bits per heavy atom. The molecule has 2 saturated heterocycles. The van der Waals surface area contributed by atoms with Gasteiger partial charge in [-0.25, -0.2) is 4.98 Å². The molecule has 4 aromatic rings. The number of unbranched alkanes of at least 4 members (excludes halogenated alkanes) is 10.